The lowest BCUT2D eigenvalue weighted by Gasteiger charge is -2.25. The zero-order chi connectivity index (χ0) is 28.1. The number of amides is 3. The third kappa shape index (κ3) is 11.1. The topological polar surface area (TPSA) is 255 Å². The predicted molar refractivity (Wildman–Crippen MR) is 135 cm³/mol. The van der Waals surface area contributed by atoms with Crippen molar-refractivity contribution in [1.29, 1.82) is 0 Å². The van der Waals surface area contributed by atoms with Crippen molar-refractivity contribution >= 4 is 29.7 Å². The molecule has 0 bridgehead atoms. The molecule has 0 aliphatic carbocycles. The van der Waals surface area contributed by atoms with Gasteiger partial charge < -0.3 is 48.5 Å². The van der Waals surface area contributed by atoms with E-state index in [1.807, 2.05) is 0 Å². The quantitative estimate of drug-likeness (QED) is 0.0663. The molecular weight excluding hydrogens is 486 g/mol. The van der Waals surface area contributed by atoms with Gasteiger partial charge in [-0.3, -0.25) is 19.4 Å². The van der Waals surface area contributed by atoms with Crippen molar-refractivity contribution in [1.82, 2.24) is 16.0 Å². The highest BCUT2D eigenvalue weighted by Crippen LogP contribution is 2.12. The van der Waals surface area contributed by atoms with Crippen LogP contribution in [0.4, 0.5) is 0 Å². The molecule has 14 heteroatoms. The van der Waals surface area contributed by atoms with E-state index in [0.29, 0.717) is 5.56 Å². The third-order valence-electron chi connectivity index (χ3n) is 5.41. The Morgan fingerprint density at radius 1 is 0.919 bits per heavy atom. The maximum Gasteiger partial charge on any atom is 0.326 e. The molecule has 0 saturated heterocycles. The molecule has 1 rings (SSSR count). The number of aromatic hydroxyl groups is 1. The van der Waals surface area contributed by atoms with Gasteiger partial charge in [-0.15, -0.1) is 0 Å². The summed E-state index contributed by atoms with van der Waals surface area (Å²) in [6.07, 6.45) is 0.240. The number of rotatable bonds is 15. The molecule has 1 aromatic rings. The lowest BCUT2D eigenvalue weighted by Crippen LogP contribution is -2.59. The first-order valence-corrected chi connectivity index (χ1v) is 11.7. The van der Waals surface area contributed by atoms with Gasteiger partial charge in [-0.2, -0.15) is 0 Å². The number of guanidine groups is 1. The smallest absolute Gasteiger partial charge is 0.326 e. The van der Waals surface area contributed by atoms with E-state index >= 15 is 0 Å². The molecule has 0 aliphatic rings. The molecule has 0 aromatic heterocycles. The molecule has 4 atom stereocenters. The molecule has 1 aromatic carbocycles. The zero-order valence-electron chi connectivity index (χ0n) is 20.9. The van der Waals surface area contributed by atoms with E-state index in [9.17, 15) is 34.5 Å². The van der Waals surface area contributed by atoms with E-state index in [4.69, 9.17) is 17.2 Å². The van der Waals surface area contributed by atoms with Crippen LogP contribution in [0, 0.1) is 5.92 Å². The van der Waals surface area contributed by atoms with E-state index in [-0.39, 0.29) is 43.4 Å². The molecule has 14 nitrogen and oxygen atoms in total. The van der Waals surface area contributed by atoms with Gasteiger partial charge in [0, 0.05) is 13.0 Å². The van der Waals surface area contributed by atoms with Gasteiger partial charge in [0.05, 0.1) is 12.6 Å². The maximum absolute atomic E-state index is 13.0. The number of phenols is 1. The summed E-state index contributed by atoms with van der Waals surface area (Å²) in [6, 6.07) is 1.04. The highest BCUT2D eigenvalue weighted by Gasteiger charge is 2.30. The minimum Gasteiger partial charge on any atom is -0.508 e. The summed E-state index contributed by atoms with van der Waals surface area (Å²) in [4.78, 5) is 53.5. The van der Waals surface area contributed by atoms with Gasteiger partial charge in [0.15, 0.2) is 5.96 Å². The van der Waals surface area contributed by atoms with Gasteiger partial charge in [-0.25, -0.2) is 4.79 Å². The van der Waals surface area contributed by atoms with Crippen LogP contribution in [-0.2, 0) is 25.6 Å². The summed E-state index contributed by atoms with van der Waals surface area (Å²) in [5.74, 6) is -3.99. The molecule has 206 valence electrons. The first-order valence-electron chi connectivity index (χ1n) is 11.7. The number of hydrogen-bond acceptors (Lipinski definition) is 8. The van der Waals surface area contributed by atoms with Gasteiger partial charge in [-0.1, -0.05) is 26.0 Å². The number of aliphatic carboxylic acids is 1. The number of aliphatic hydroxyl groups is 1. The number of carbonyl (C=O) groups is 4. The zero-order valence-corrected chi connectivity index (χ0v) is 20.9. The molecule has 12 N–H and O–H groups in total. The number of carboxylic acid groups (broad SMARTS) is 1. The maximum atomic E-state index is 13.0. The van der Waals surface area contributed by atoms with Crippen LogP contribution in [0.3, 0.4) is 0 Å². The number of phenolic OH excluding ortho intramolecular Hbond substituents is 1. The van der Waals surface area contributed by atoms with Crippen LogP contribution in [0.15, 0.2) is 29.3 Å². The Kier molecular flexibility index (Phi) is 12.8. The van der Waals surface area contributed by atoms with Crippen LogP contribution in [0.5, 0.6) is 5.75 Å². The van der Waals surface area contributed by atoms with Crippen LogP contribution in [0.25, 0.3) is 0 Å². The van der Waals surface area contributed by atoms with Crippen molar-refractivity contribution in [3.05, 3.63) is 29.8 Å². The Balaban J connectivity index is 2.96. The second-order valence-corrected chi connectivity index (χ2v) is 8.79. The average molecular weight is 524 g/mol. The Morgan fingerprint density at radius 3 is 1.97 bits per heavy atom. The molecule has 0 aliphatic heterocycles. The van der Waals surface area contributed by atoms with Gasteiger partial charge in [-0.05, 0) is 36.5 Å². The fourth-order valence-electron chi connectivity index (χ4n) is 3.15. The SMILES string of the molecule is CC(C)C(N)C(=O)NC(Cc1ccc(O)cc1)C(=O)NC(CO)C(=O)NC(CCCN=C(N)N)C(=O)O. The summed E-state index contributed by atoms with van der Waals surface area (Å²) in [6.45, 7) is 2.80. The molecule has 4 unspecified atom stereocenters. The number of nitrogens with zero attached hydrogens (tertiary/aromatic N) is 1. The van der Waals surface area contributed by atoms with Crippen LogP contribution < -0.4 is 33.2 Å². The average Bonchev–Trinajstić information content (AvgIpc) is 2.83. The van der Waals surface area contributed by atoms with Gasteiger partial charge in [0.2, 0.25) is 17.7 Å². The Morgan fingerprint density at radius 2 is 1.46 bits per heavy atom. The van der Waals surface area contributed by atoms with Crippen molar-refractivity contribution in [2.75, 3.05) is 13.2 Å². The monoisotopic (exact) mass is 523 g/mol. The van der Waals surface area contributed by atoms with Gasteiger partial charge in [0.1, 0.15) is 23.9 Å². The van der Waals surface area contributed by atoms with Gasteiger partial charge >= 0.3 is 5.97 Å². The van der Waals surface area contributed by atoms with Gasteiger partial charge in [0.25, 0.3) is 0 Å². The summed E-state index contributed by atoms with van der Waals surface area (Å²) in [5.41, 5.74) is 16.9. The normalized spacial score (nSPS) is 14.1. The van der Waals surface area contributed by atoms with Crippen molar-refractivity contribution in [3.63, 3.8) is 0 Å². The van der Waals surface area contributed by atoms with E-state index in [1.165, 1.54) is 12.1 Å². The Labute approximate surface area is 214 Å². The van der Waals surface area contributed by atoms with E-state index in [0.717, 1.165) is 0 Å². The molecule has 3 amide bonds. The summed E-state index contributed by atoms with van der Waals surface area (Å²) >= 11 is 0. The largest absolute Gasteiger partial charge is 0.508 e. The predicted octanol–water partition coefficient (Wildman–Crippen LogP) is -2.50. The van der Waals surface area contributed by atoms with E-state index in [1.54, 1.807) is 26.0 Å². The molecule has 0 fully saturated rings. The lowest BCUT2D eigenvalue weighted by atomic mass is 10.0. The molecular formula is C23H37N7O7. The number of nitrogens with one attached hydrogen (secondary N) is 3. The number of aliphatic hydroxyl groups excluding tert-OH is 1. The number of aliphatic imine (C=N–C) groups is 1. The van der Waals surface area contributed by atoms with Crippen molar-refractivity contribution in [3.8, 4) is 5.75 Å². The minimum atomic E-state index is -1.50. The van der Waals surface area contributed by atoms with Crippen LogP contribution in [0.1, 0.15) is 32.3 Å². The Bertz CT molecular complexity index is 949. The molecule has 0 spiro atoms. The van der Waals surface area contributed by atoms with Crippen molar-refractivity contribution < 1.29 is 34.5 Å². The molecule has 0 saturated carbocycles. The fourth-order valence-corrected chi connectivity index (χ4v) is 3.15. The second kappa shape index (κ2) is 15.3. The summed E-state index contributed by atoms with van der Waals surface area (Å²) in [5, 5.41) is 35.8. The first kappa shape index (κ1) is 31.1. The molecule has 0 radical (unpaired) electrons. The number of nitrogens with two attached hydrogens (primary N) is 3. The van der Waals surface area contributed by atoms with Crippen molar-refractivity contribution in [2.45, 2.75) is 57.3 Å². The highest BCUT2D eigenvalue weighted by atomic mass is 16.4. The van der Waals surface area contributed by atoms with Crippen molar-refractivity contribution in [2.24, 2.45) is 28.1 Å². The standard InChI is InChI=1S/C23H37N7O7/c1-12(2)18(24)21(35)29-16(10-13-5-7-14(32)8-6-13)19(33)30-17(11-31)20(34)28-15(22(36)37)4-3-9-27-23(25)26/h5-8,12,15-18,31-32H,3-4,9-11,24H2,1-2H3,(H,28,34)(H,29,35)(H,30,33)(H,36,37)(H4,25,26,27). The van der Waals surface area contributed by atoms with Crippen LogP contribution in [0.2, 0.25) is 0 Å². The number of hydrogen-bond donors (Lipinski definition) is 9. The van der Waals surface area contributed by atoms with E-state index < -0.39 is 54.5 Å². The third-order valence-corrected chi connectivity index (χ3v) is 5.41. The summed E-state index contributed by atoms with van der Waals surface area (Å²) in [7, 11) is 0. The summed E-state index contributed by atoms with van der Waals surface area (Å²) < 4.78 is 0. The lowest BCUT2D eigenvalue weighted by molar-refractivity contribution is -0.142. The molecule has 0 heterocycles. The highest BCUT2D eigenvalue weighted by molar-refractivity contribution is 5.94. The number of carboxylic acids is 1. The number of carbonyl (C=O) groups excluding carboxylic acids is 3. The minimum absolute atomic E-state index is 0.00340. The first-order chi connectivity index (χ1) is 17.3. The van der Waals surface area contributed by atoms with Crippen LogP contribution >= 0.6 is 0 Å². The van der Waals surface area contributed by atoms with Crippen LogP contribution in [-0.4, -0.2) is 82.3 Å². The number of benzene rings is 1. The fraction of sp³-hybridized carbons (Fsp3) is 0.522. The molecule has 37 heavy (non-hydrogen) atoms. The second-order valence-electron chi connectivity index (χ2n) is 8.79. The Hall–Kier alpha value is -3.91. The van der Waals surface area contributed by atoms with E-state index in [2.05, 4.69) is 20.9 Å².